The highest BCUT2D eigenvalue weighted by Gasteiger charge is 2.04. The van der Waals surface area contributed by atoms with Crippen LogP contribution in [0.3, 0.4) is 0 Å². The first-order valence-corrected chi connectivity index (χ1v) is 5.64. The SMILES string of the molecule is Cc1cc2nc3sccc3nc2s1. The highest BCUT2D eigenvalue weighted by molar-refractivity contribution is 7.19. The van der Waals surface area contributed by atoms with E-state index in [1.165, 1.54) is 4.88 Å². The second-order valence-corrected chi connectivity index (χ2v) is 5.01. The summed E-state index contributed by atoms with van der Waals surface area (Å²) >= 11 is 3.34. The third kappa shape index (κ3) is 1.06. The maximum absolute atomic E-state index is 4.52. The predicted molar refractivity (Wildman–Crippen MR) is 57.5 cm³/mol. The van der Waals surface area contributed by atoms with Gasteiger partial charge >= 0.3 is 0 Å². The summed E-state index contributed by atoms with van der Waals surface area (Å²) in [4.78, 5) is 12.4. The number of nitrogens with zero attached hydrogens (tertiary/aromatic N) is 2. The van der Waals surface area contributed by atoms with Crippen molar-refractivity contribution in [3.05, 3.63) is 22.4 Å². The van der Waals surface area contributed by atoms with Crippen molar-refractivity contribution in [1.82, 2.24) is 9.97 Å². The largest absolute Gasteiger partial charge is 0.233 e. The van der Waals surface area contributed by atoms with Crippen molar-refractivity contribution in [2.24, 2.45) is 0 Å². The number of fused-ring (bicyclic) bond motifs is 2. The van der Waals surface area contributed by atoms with Crippen LogP contribution in [-0.2, 0) is 0 Å². The van der Waals surface area contributed by atoms with Gasteiger partial charge in [0, 0.05) is 4.88 Å². The Morgan fingerprint density at radius 3 is 2.92 bits per heavy atom. The molecule has 0 saturated heterocycles. The maximum atomic E-state index is 4.52. The van der Waals surface area contributed by atoms with Gasteiger partial charge in [-0.25, -0.2) is 9.97 Å². The van der Waals surface area contributed by atoms with E-state index in [1.807, 2.05) is 11.4 Å². The van der Waals surface area contributed by atoms with E-state index in [2.05, 4.69) is 23.0 Å². The Morgan fingerprint density at radius 1 is 1.15 bits per heavy atom. The summed E-state index contributed by atoms with van der Waals surface area (Å²) in [6.07, 6.45) is 0. The van der Waals surface area contributed by atoms with E-state index < -0.39 is 0 Å². The van der Waals surface area contributed by atoms with Crippen LogP contribution in [0.4, 0.5) is 0 Å². The molecule has 3 aromatic heterocycles. The van der Waals surface area contributed by atoms with Crippen LogP contribution in [0, 0.1) is 6.92 Å². The minimum Gasteiger partial charge on any atom is -0.233 e. The highest BCUT2D eigenvalue weighted by atomic mass is 32.1. The van der Waals surface area contributed by atoms with Gasteiger partial charge in [0.25, 0.3) is 0 Å². The first kappa shape index (κ1) is 7.41. The van der Waals surface area contributed by atoms with Crippen LogP contribution >= 0.6 is 22.7 Å². The summed E-state index contributed by atoms with van der Waals surface area (Å²) in [6, 6.07) is 4.10. The lowest BCUT2D eigenvalue weighted by Crippen LogP contribution is -1.76. The van der Waals surface area contributed by atoms with E-state index >= 15 is 0 Å². The molecule has 4 heteroatoms. The van der Waals surface area contributed by atoms with E-state index in [9.17, 15) is 0 Å². The van der Waals surface area contributed by atoms with Crippen molar-refractivity contribution in [3.63, 3.8) is 0 Å². The molecule has 0 aromatic carbocycles. The number of hydrogen-bond acceptors (Lipinski definition) is 4. The molecule has 2 nitrogen and oxygen atoms in total. The number of rotatable bonds is 0. The fourth-order valence-corrected chi connectivity index (χ4v) is 2.87. The van der Waals surface area contributed by atoms with Crippen molar-refractivity contribution in [2.75, 3.05) is 0 Å². The highest BCUT2D eigenvalue weighted by Crippen LogP contribution is 2.25. The molecule has 0 spiro atoms. The Morgan fingerprint density at radius 2 is 2.00 bits per heavy atom. The Balaban J connectivity index is 2.54. The minimum absolute atomic E-state index is 1.01. The van der Waals surface area contributed by atoms with Crippen LogP contribution < -0.4 is 0 Å². The Kier molecular flexibility index (Phi) is 1.42. The summed E-state index contributed by atoms with van der Waals surface area (Å²) in [6.45, 7) is 2.09. The van der Waals surface area contributed by atoms with Crippen molar-refractivity contribution < 1.29 is 0 Å². The standard InChI is InChI=1S/C9H6N2S2/c1-5-4-7-9(13-5)10-6-2-3-12-8(6)11-7/h2-4H,1H3. The summed E-state index contributed by atoms with van der Waals surface area (Å²) in [7, 11) is 0. The van der Waals surface area contributed by atoms with Crippen molar-refractivity contribution in [1.29, 1.82) is 0 Å². The summed E-state index contributed by atoms with van der Waals surface area (Å²) in [5.41, 5.74) is 2.04. The molecule has 0 aliphatic rings. The third-order valence-electron chi connectivity index (χ3n) is 1.89. The van der Waals surface area contributed by atoms with Gasteiger partial charge < -0.3 is 0 Å². The van der Waals surface area contributed by atoms with Gasteiger partial charge in [-0.1, -0.05) is 0 Å². The molecule has 0 amide bonds. The smallest absolute Gasteiger partial charge is 0.142 e. The third-order valence-corrected chi connectivity index (χ3v) is 3.61. The van der Waals surface area contributed by atoms with Crippen molar-refractivity contribution in [3.8, 4) is 0 Å². The monoisotopic (exact) mass is 206 g/mol. The molecule has 13 heavy (non-hydrogen) atoms. The van der Waals surface area contributed by atoms with Gasteiger partial charge in [0.1, 0.15) is 20.7 Å². The average molecular weight is 206 g/mol. The zero-order valence-corrected chi connectivity index (χ0v) is 8.58. The molecule has 0 aliphatic carbocycles. The molecule has 0 atom stereocenters. The molecular formula is C9H6N2S2. The van der Waals surface area contributed by atoms with E-state index in [4.69, 9.17) is 0 Å². The van der Waals surface area contributed by atoms with E-state index in [0.717, 1.165) is 20.7 Å². The summed E-state index contributed by atoms with van der Waals surface area (Å²) in [5, 5.41) is 2.03. The Labute approximate surface area is 82.9 Å². The maximum Gasteiger partial charge on any atom is 0.142 e. The zero-order chi connectivity index (χ0) is 8.84. The second-order valence-electron chi connectivity index (χ2n) is 2.88. The molecule has 0 N–H and O–H groups in total. The fourth-order valence-electron chi connectivity index (χ4n) is 1.33. The molecule has 3 heterocycles. The predicted octanol–water partition coefficient (Wildman–Crippen LogP) is 3.21. The molecule has 0 bridgehead atoms. The van der Waals surface area contributed by atoms with Crippen LogP contribution in [0.1, 0.15) is 4.88 Å². The first-order chi connectivity index (χ1) is 6.33. The van der Waals surface area contributed by atoms with Gasteiger partial charge in [0.15, 0.2) is 0 Å². The van der Waals surface area contributed by atoms with Crippen LogP contribution in [-0.4, -0.2) is 9.97 Å². The van der Waals surface area contributed by atoms with Crippen LogP contribution in [0.15, 0.2) is 17.5 Å². The van der Waals surface area contributed by atoms with Crippen LogP contribution in [0.5, 0.6) is 0 Å². The minimum atomic E-state index is 1.01. The molecule has 0 fully saturated rings. The van der Waals surface area contributed by atoms with E-state index in [1.54, 1.807) is 22.7 Å². The molecule has 0 saturated carbocycles. The van der Waals surface area contributed by atoms with Gasteiger partial charge in [-0.3, -0.25) is 0 Å². The molecule has 3 aromatic rings. The molecule has 3 rings (SSSR count). The lowest BCUT2D eigenvalue weighted by molar-refractivity contribution is 1.46. The molecule has 0 radical (unpaired) electrons. The summed E-state index contributed by atoms with van der Waals surface area (Å²) in [5.74, 6) is 0. The molecule has 0 aliphatic heterocycles. The Bertz CT molecular complexity index is 531. The van der Waals surface area contributed by atoms with Crippen molar-refractivity contribution >= 4 is 43.4 Å². The lowest BCUT2D eigenvalue weighted by Gasteiger charge is -1.87. The zero-order valence-electron chi connectivity index (χ0n) is 6.94. The number of thiophene rings is 2. The molecular weight excluding hydrogens is 200 g/mol. The average Bonchev–Trinajstić information content (AvgIpc) is 2.63. The second kappa shape index (κ2) is 2.49. The fraction of sp³-hybridized carbons (Fsp3) is 0.111. The quantitative estimate of drug-likeness (QED) is 0.564. The van der Waals surface area contributed by atoms with Gasteiger partial charge in [-0.05, 0) is 24.4 Å². The number of aryl methyl sites for hydroxylation is 1. The van der Waals surface area contributed by atoms with Gasteiger partial charge in [0.05, 0.1) is 0 Å². The number of hydrogen-bond donors (Lipinski definition) is 0. The first-order valence-electron chi connectivity index (χ1n) is 3.94. The topological polar surface area (TPSA) is 25.8 Å². The molecule has 64 valence electrons. The van der Waals surface area contributed by atoms with E-state index in [0.29, 0.717) is 0 Å². The summed E-state index contributed by atoms with van der Waals surface area (Å²) < 4.78 is 0. The van der Waals surface area contributed by atoms with E-state index in [-0.39, 0.29) is 0 Å². The number of aromatic nitrogens is 2. The Hall–Kier alpha value is -1.00. The van der Waals surface area contributed by atoms with Gasteiger partial charge in [0.2, 0.25) is 0 Å². The normalized spacial score (nSPS) is 11.5. The lowest BCUT2D eigenvalue weighted by atomic mass is 10.4. The van der Waals surface area contributed by atoms with Gasteiger partial charge in [-0.2, -0.15) is 0 Å². The molecule has 0 unspecified atom stereocenters. The van der Waals surface area contributed by atoms with Crippen molar-refractivity contribution in [2.45, 2.75) is 6.92 Å². The van der Waals surface area contributed by atoms with Crippen LogP contribution in [0.25, 0.3) is 20.7 Å². The van der Waals surface area contributed by atoms with Gasteiger partial charge in [-0.15, -0.1) is 22.7 Å². The van der Waals surface area contributed by atoms with Crippen LogP contribution in [0.2, 0.25) is 0 Å².